The Hall–Kier alpha value is -1.73. The molecule has 1 aliphatic heterocycles. The lowest BCUT2D eigenvalue weighted by atomic mass is 9.75. The maximum atomic E-state index is 11.5. The number of likely N-dealkylation sites (tertiary alicyclic amines) is 1. The highest BCUT2D eigenvalue weighted by atomic mass is 32.2. The Morgan fingerprint density at radius 2 is 1.73 bits per heavy atom. The molecule has 30 heavy (non-hydrogen) atoms. The van der Waals surface area contributed by atoms with Gasteiger partial charge in [0, 0.05) is 31.6 Å². The first-order valence-electron chi connectivity index (χ1n) is 10.7. The van der Waals surface area contributed by atoms with Crippen molar-refractivity contribution in [1.82, 2.24) is 9.21 Å². The van der Waals surface area contributed by atoms with Crippen LogP contribution in [0.4, 0.5) is 0 Å². The summed E-state index contributed by atoms with van der Waals surface area (Å²) in [6.45, 7) is 5.90. The number of nitrogens with zero attached hydrogens (tertiary/aromatic N) is 2. The minimum Gasteiger partial charge on any atom is -0.395 e. The van der Waals surface area contributed by atoms with E-state index in [9.17, 15) is 13.5 Å². The lowest BCUT2D eigenvalue weighted by molar-refractivity contribution is -0.0352. The predicted octanol–water partition coefficient (Wildman–Crippen LogP) is 3.48. The molecule has 0 spiro atoms. The smallest absolute Gasteiger partial charge is 0.210 e. The first kappa shape index (κ1) is 22.9. The topological polar surface area (TPSA) is 60.9 Å². The molecule has 2 aromatic carbocycles. The van der Waals surface area contributed by atoms with Gasteiger partial charge in [-0.3, -0.25) is 4.90 Å². The molecule has 0 bridgehead atoms. The van der Waals surface area contributed by atoms with Gasteiger partial charge in [0.05, 0.1) is 12.9 Å². The van der Waals surface area contributed by atoms with Crippen molar-refractivity contribution in [1.29, 1.82) is 0 Å². The number of rotatable bonds is 9. The number of hydrogen-bond acceptors (Lipinski definition) is 4. The van der Waals surface area contributed by atoms with Gasteiger partial charge in [0.1, 0.15) is 0 Å². The molecule has 3 atom stereocenters. The molecule has 1 aliphatic rings. The first-order valence-corrected chi connectivity index (χ1v) is 12.5. The van der Waals surface area contributed by atoms with E-state index in [1.807, 2.05) is 0 Å². The van der Waals surface area contributed by atoms with Crippen LogP contribution in [-0.4, -0.2) is 67.8 Å². The molecule has 1 fully saturated rings. The van der Waals surface area contributed by atoms with Crippen molar-refractivity contribution in [3.63, 3.8) is 0 Å². The standard InChI is InChI=1S/C24H34N2O3S/c1-18-9-5-6-10-22(18)20-11-13-21(14-12-20)24-19(2)26(23(24)17-27)16-8-7-15-25(3)30(4,28)29/h5-6,9-14,19,23-24,27H,7-8,15-17H2,1-4H3/t19-,23+,24+/m0/s1. The van der Waals surface area contributed by atoms with Crippen LogP contribution in [-0.2, 0) is 10.0 Å². The number of aliphatic hydroxyl groups is 1. The molecule has 5 nitrogen and oxygen atoms in total. The van der Waals surface area contributed by atoms with Gasteiger partial charge in [0.2, 0.25) is 10.0 Å². The zero-order valence-electron chi connectivity index (χ0n) is 18.5. The lowest BCUT2D eigenvalue weighted by Crippen LogP contribution is -2.62. The third-order valence-corrected chi connectivity index (χ3v) is 7.84. The molecule has 3 rings (SSSR count). The maximum absolute atomic E-state index is 11.5. The molecule has 0 aromatic heterocycles. The molecule has 1 saturated heterocycles. The lowest BCUT2D eigenvalue weighted by Gasteiger charge is -2.54. The summed E-state index contributed by atoms with van der Waals surface area (Å²) < 4.78 is 24.4. The predicted molar refractivity (Wildman–Crippen MR) is 123 cm³/mol. The zero-order valence-corrected chi connectivity index (χ0v) is 19.3. The molecule has 0 aliphatic carbocycles. The number of aryl methyl sites for hydroxylation is 1. The SMILES string of the molecule is Cc1ccccc1-c1ccc([C@@H]2[C@@H](CO)N(CCCCN(C)S(C)(=O)=O)[C@H]2C)cc1. The van der Waals surface area contributed by atoms with Crippen molar-refractivity contribution in [2.75, 3.05) is 33.0 Å². The number of aliphatic hydroxyl groups excluding tert-OH is 1. The van der Waals surface area contributed by atoms with E-state index in [2.05, 4.69) is 67.3 Å². The van der Waals surface area contributed by atoms with Crippen LogP contribution < -0.4 is 0 Å². The Balaban J connectivity index is 1.59. The Bertz CT molecular complexity index is 943. The summed E-state index contributed by atoms with van der Waals surface area (Å²) in [6.07, 6.45) is 2.97. The molecule has 1 heterocycles. The summed E-state index contributed by atoms with van der Waals surface area (Å²) in [5.74, 6) is 0.319. The monoisotopic (exact) mass is 430 g/mol. The van der Waals surface area contributed by atoms with Crippen molar-refractivity contribution < 1.29 is 13.5 Å². The van der Waals surface area contributed by atoms with E-state index in [1.54, 1.807) is 7.05 Å². The molecule has 0 saturated carbocycles. The fraction of sp³-hybridized carbons (Fsp3) is 0.500. The van der Waals surface area contributed by atoms with Crippen LogP contribution in [0.1, 0.15) is 36.8 Å². The third-order valence-electron chi connectivity index (χ3n) is 6.53. The Kier molecular flexibility index (Phi) is 7.34. The summed E-state index contributed by atoms with van der Waals surface area (Å²) >= 11 is 0. The van der Waals surface area contributed by atoms with E-state index >= 15 is 0 Å². The summed E-state index contributed by atoms with van der Waals surface area (Å²) in [5, 5.41) is 10.00. The molecule has 164 valence electrons. The van der Waals surface area contributed by atoms with Crippen LogP contribution in [0.25, 0.3) is 11.1 Å². The van der Waals surface area contributed by atoms with Crippen LogP contribution >= 0.6 is 0 Å². The van der Waals surface area contributed by atoms with Gasteiger partial charge in [-0.1, -0.05) is 48.5 Å². The molecule has 0 unspecified atom stereocenters. The highest BCUT2D eigenvalue weighted by Gasteiger charge is 2.45. The van der Waals surface area contributed by atoms with Crippen LogP contribution in [0.15, 0.2) is 48.5 Å². The molecule has 6 heteroatoms. The van der Waals surface area contributed by atoms with Crippen LogP contribution in [0.5, 0.6) is 0 Å². The maximum Gasteiger partial charge on any atom is 0.210 e. The van der Waals surface area contributed by atoms with Gasteiger partial charge < -0.3 is 5.11 Å². The fourth-order valence-corrected chi connectivity index (χ4v) is 5.06. The zero-order chi connectivity index (χ0) is 21.9. The van der Waals surface area contributed by atoms with Crippen molar-refractivity contribution in [2.45, 2.75) is 44.7 Å². The van der Waals surface area contributed by atoms with E-state index in [4.69, 9.17) is 0 Å². The minimum absolute atomic E-state index is 0.122. The van der Waals surface area contributed by atoms with E-state index < -0.39 is 10.0 Å². The van der Waals surface area contributed by atoms with Crippen LogP contribution in [0.3, 0.4) is 0 Å². The van der Waals surface area contributed by atoms with E-state index in [-0.39, 0.29) is 12.6 Å². The van der Waals surface area contributed by atoms with Crippen molar-refractivity contribution in [2.24, 2.45) is 0 Å². The van der Waals surface area contributed by atoms with Gasteiger partial charge in [0.25, 0.3) is 0 Å². The highest BCUT2D eigenvalue weighted by molar-refractivity contribution is 7.88. The average Bonchev–Trinajstić information content (AvgIpc) is 2.71. The van der Waals surface area contributed by atoms with Gasteiger partial charge in [-0.2, -0.15) is 0 Å². The van der Waals surface area contributed by atoms with Gasteiger partial charge in [-0.15, -0.1) is 0 Å². The second kappa shape index (κ2) is 9.60. The fourth-order valence-electron chi connectivity index (χ4n) is 4.60. The van der Waals surface area contributed by atoms with Gasteiger partial charge in [-0.25, -0.2) is 12.7 Å². The second-order valence-electron chi connectivity index (χ2n) is 8.48. The summed E-state index contributed by atoms with van der Waals surface area (Å²) in [6, 6.07) is 17.6. The number of unbranched alkanes of at least 4 members (excludes halogenated alkanes) is 1. The van der Waals surface area contributed by atoms with E-state index in [1.165, 1.54) is 32.8 Å². The van der Waals surface area contributed by atoms with Crippen LogP contribution in [0.2, 0.25) is 0 Å². The van der Waals surface area contributed by atoms with Crippen molar-refractivity contribution >= 4 is 10.0 Å². The van der Waals surface area contributed by atoms with E-state index in [0.717, 1.165) is 19.4 Å². The second-order valence-corrected chi connectivity index (χ2v) is 10.6. The summed E-state index contributed by atoms with van der Waals surface area (Å²) in [4.78, 5) is 2.35. The average molecular weight is 431 g/mol. The summed E-state index contributed by atoms with van der Waals surface area (Å²) in [7, 11) is -1.49. The molecule has 0 amide bonds. The Morgan fingerprint density at radius 3 is 2.33 bits per heavy atom. The quantitative estimate of drug-likeness (QED) is 0.619. The molecular weight excluding hydrogens is 396 g/mol. The largest absolute Gasteiger partial charge is 0.395 e. The number of benzene rings is 2. The van der Waals surface area contributed by atoms with Crippen molar-refractivity contribution in [3.05, 3.63) is 59.7 Å². The first-order chi connectivity index (χ1) is 14.2. The molecule has 2 aromatic rings. The molecule has 1 N–H and O–H groups in total. The van der Waals surface area contributed by atoms with E-state index in [0.29, 0.717) is 18.5 Å². The normalized spacial score (nSPS) is 22.3. The third kappa shape index (κ3) is 4.94. The van der Waals surface area contributed by atoms with Crippen molar-refractivity contribution in [3.8, 4) is 11.1 Å². The Labute approximate surface area is 181 Å². The van der Waals surface area contributed by atoms with Gasteiger partial charge in [0.15, 0.2) is 0 Å². The molecular formula is C24H34N2O3S. The number of hydrogen-bond donors (Lipinski definition) is 1. The Morgan fingerprint density at radius 1 is 1.07 bits per heavy atom. The number of sulfonamides is 1. The van der Waals surface area contributed by atoms with Gasteiger partial charge >= 0.3 is 0 Å². The minimum atomic E-state index is -3.11. The highest BCUT2D eigenvalue weighted by Crippen LogP contribution is 2.41. The molecule has 0 radical (unpaired) electrons. The van der Waals surface area contributed by atoms with Gasteiger partial charge in [-0.05, 0) is 55.5 Å². The summed E-state index contributed by atoms with van der Waals surface area (Å²) in [5.41, 5.74) is 5.01. The van der Waals surface area contributed by atoms with Crippen LogP contribution in [0, 0.1) is 6.92 Å².